The van der Waals surface area contributed by atoms with Gasteiger partial charge in [0.1, 0.15) is 35.3 Å². The molecule has 2 aliphatic heterocycles. The van der Waals surface area contributed by atoms with E-state index in [4.69, 9.17) is 14.2 Å². The van der Waals surface area contributed by atoms with Crippen molar-refractivity contribution in [3.8, 4) is 11.5 Å². The summed E-state index contributed by atoms with van der Waals surface area (Å²) in [6.07, 6.45) is 2.25. The highest BCUT2D eigenvalue weighted by molar-refractivity contribution is 5.72. The molecule has 3 aliphatic rings. The van der Waals surface area contributed by atoms with Crippen molar-refractivity contribution in [1.29, 1.82) is 0 Å². The van der Waals surface area contributed by atoms with Crippen molar-refractivity contribution in [2.75, 3.05) is 26.2 Å². The van der Waals surface area contributed by atoms with Crippen LogP contribution in [0.1, 0.15) is 61.9 Å². The predicted molar refractivity (Wildman–Crippen MR) is 155 cm³/mol. The summed E-state index contributed by atoms with van der Waals surface area (Å²) in [6.45, 7) is 8.53. The Hall–Kier alpha value is -3.49. The van der Waals surface area contributed by atoms with Crippen LogP contribution >= 0.6 is 0 Å². The monoisotopic (exact) mass is 576 g/mol. The van der Waals surface area contributed by atoms with E-state index < -0.39 is 23.3 Å². The average molecular weight is 577 g/mol. The molecule has 1 N–H and O–H groups in total. The smallest absolute Gasteiger partial charge is 0.320 e. The van der Waals surface area contributed by atoms with Crippen LogP contribution < -0.4 is 14.8 Å². The number of nitrogens with zero attached hydrogens (tertiary/aromatic N) is 1. The van der Waals surface area contributed by atoms with Crippen molar-refractivity contribution in [1.82, 2.24) is 10.2 Å². The number of hydrogen-bond donors (Lipinski definition) is 1. The number of likely N-dealkylation sites (tertiary alicyclic amines) is 1. The Kier molecular flexibility index (Phi) is 7.70. The second kappa shape index (κ2) is 11.3. The van der Waals surface area contributed by atoms with Crippen LogP contribution in [0, 0.1) is 17.0 Å². The second-order valence-corrected chi connectivity index (χ2v) is 13.0. The lowest BCUT2D eigenvalue weighted by Gasteiger charge is -2.58. The van der Waals surface area contributed by atoms with Crippen LogP contribution in [0.3, 0.4) is 0 Å². The zero-order chi connectivity index (χ0) is 29.5. The quantitative estimate of drug-likeness (QED) is 0.334. The number of carbonyl (C=O) groups is 1. The van der Waals surface area contributed by atoms with Crippen molar-refractivity contribution < 1.29 is 27.8 Å². The Labute approximate surface area is 246 Å². The molecule has 0 amide bonds. The summed E-state index contributed by atoms with van der Waals surface area (Å²) in [5.74, 6) is -0.524. The largest absolute Gasteiger partial charge is 0.490 e. The lowest BCUT2D eigenvalue weighted by molar-refractivity contribution is -0.165. The number of nitrogens with one attached hydrogen (secondary N) is 1. The fourth-order valence-corrected chi connectivity index (χ4v) is 6.55. The molecule has 1 atom stereocenters. The maximum atomic E-state index is 15.4. The zero-order valence-electron chi connectivity index (χ0n) is 24.4. The molecule has 3 aromatic rings. The molecule has 1 saturated heterocycles. The average Bonchev–Trinajstić information content (AvgIpc) is 2.88. The van der Waals surface area contributed by atoms with Crippen LogP contribution in [-0.2, 0) is 22.6 Å². The van der Waals surface area contributed by atoms with E-state index in [1.165, 1.54) is 12.1 Å². The number of benzene rings is 3. The third kappa shape index (κ3) is 6.30. The lowest BCUT2D eigenvalue weighted by atomic mass is 9.62. The number of carbonyl (C=O) groups excluding carboxylic acids is 1. The predicted octanol–water partition coefficient (Wildman–Crippen LogP) is 5.96. The Balaban J connectivity index is 1.05. The van der Waals surface area contributed by atoms with Crippen molar-refractivity contribution in [3.05, 3.63) is 94.6 Å². The first-order valence-electron chi connectivity index (χ1n) is 14.7. The summed E-state index contributed by atoms with van der Waals surface area (Å²) in [4.78, 5) is 14.2. The van der Waals surface area contributed by atoms with Crippen LogP contribution in [0.25, 0.3) is 0 Å². The van der Waals surface area contributed by atoms with Crippen LogP contribution in [0.5, 0.6) is 11.5 Å². The molecule has 8 heteroatoms. The van der Waals surface area contributed by atoms with Crippen molar-refractivity contribution in [2.24, 2.45) is 5.41 Å². The van der Waals surface area contributed by atoms with E-state index in [9.17, 15) is 4.79 Å². The third-order valence-corrected chi connectivity index (χ3v) is 8.27. The van der Waals surface area contributed by atoms with E-state index in [1.54, 1.807) is 0 Å². The van der Waals surface area contributed by atoms with Crippen molar-refractivity contribution >= 4 is 5.97 Å². The van der Waals surface area contributed by atoms with Gasteiger partial charge in [-0.2, -0.15) is 0 Å². The normalized spacial score (nSPS) is 19.9. The van der Waals surface area contributed by atoms with Crippen LogP contribution in [-0.4, -0.2) is 48.8 Å². The first kappa shape index (κ1) is 28.6. The topological polar surface area (TPSA) is 60.0 Å². The molecule has 1 unspecified atom stereocenters. The lowest BCUT2D eigenvalue weighted by Crippen LogP contribution is -2.65. The van der Waals surface area contributed by atoms with E-state index in [0.717, 1.165) is 54.8 Å². The second-order valence-electron chi connectivity index (χ2n) is 13.0. The SMILES string of the molecule is CC(C)(C)OC(=O)CN1CC2(CC(Oc3cc(F)c(C4NCCc5cc(OCc6ccccc6)ccc54)c(F)c3)C2)C1. The molecule has 6 nitrogen and oxygen atoms in total. The van der Waals surface area contributed by atoms with E-state index in [2.05, 4.69) is 10.2 Å². The number of rotatable bonds is 8. The number of esters is 1. The Morgan fingerprint density at radius 2 is 1.71 bits per heavy atom. The van der Waals surface area contributed by atoms with Gasteiger partial charge < -0.3 is 19.5 Å². The molecule has 2 fully saturated rings. The maximum Gasteiger partial charge on any atom is 0.320 e. The van der Waals surface area contributed by atoms with Gasteiger partial charge >= 0.3 is 5.97 Å². The highest BCUT2D eigenvalue weighted by Gasteiger charge is 2.53. The van der Waals surface area contributed by atoms with Gasteiger partial charge in [-0.05, 0) is 68.9 Å². The van der Waals surface area contributed by atoms with Crippen LogP contribution in [0.15, 0.2) is 60.7 Å². The summed E-state index contributed by atoms with van der Waals surface area (Å²) in [5.41, 5.74) is 2.57. The highest BCUT2D eigenvalue weighted by atomic mass is 19.1. The summed E-state index contributed by atoms with van der Waals surface area (Å²) < 4.78 is 48.2. The Morgan fingerprint density at radius 1 is 1.00 bits per heavy atom. The van der Waals surface area contributed by atoms with Gasteiger partial charge in [0.25, 0.3) is 0 Å². The van der Waals surface area contributed by atoms with Gasteiger partial charge in [0.05, 0.1) is 18.7 Å². The summed E-state index contributed by atoms with van der Waals surface area (Å²) in [5, 5.41) is 3.29. The number of hydrogen-bond acceptors (Lipinski definition) is 6. The van der Waals surface area contributed by atoms with E-state index >= 15 is 8.78 Å². The molecule has 42 heavy (non-hydrogen) atoms. The van der Waals surface area contributed by atoms with Gasteiger partial charge in [-0.1, -0.05) is 36.4 Å². The fourth-order valence-electron chi connectivity index (χ4n) is 6.55. The maximum absolute atomic E-state index is 15.4. The van der Waals surface area contributed by atoms with E-state index in [0.29, 0.717) is 13.2 Å². The molecular weight excluding hydrogens is 538 g/mol. The summed E-state index contributed by atoms with van der Waals surface area (Å²) in [7, 11) is 0. The molecule has 0 aromatic heterocycles. The van der Waals surface area contributed by atoms with Gasteiger partial charge in [0.2, 0.25) is 0 Å². The van der Waals surface area contributed by atoms with Crippen LogP contribution in [0.4, 0.5) is 8.78 Å². The van der Waals surface area contributed by atoms with Crippen molar-refractivity contribution in [2.45, 2.75) is 64.4 Å². The van der Waals surface area contributed by atoms with Gasteiger partial charge in [0.15, 0.2) is 0 Å². The van der Waals surface area contributed by atoms with Gasteiger partial charge in [-0.25, -0.2) is 8.78 Å². The third-order valence-electron chi connectivity index (χ3n) is 8.27. The van der Waals surface area contributed by atoms with Gasteiger partial charge in [-0.3, -0.25) is 9.69 Å². The number of fused-ring (bicyclic) bond motifs is 1. The molecule has 0 radical (unpaired) electrons. The minimum atomic E-state index is -0.624. The first-order chi connectivity index (χ1) is 20.1. The minimum Gasteiger partial charge on any atom is -0.490 e. The van der Waals surface area contributed by atoms with Gasteiger partial charge in [-0.15, -0.1) is 0 Å². The number of halogens is 2. The van der Waals surface area contributed by atoms with E-state index in [-0.39, 0.29) is 35.3 Å². The summed E-state index contributed by atoms with van der Waals surface area (Å²) >= 11 is 0. The van der Waals surface area contributed by atoms with E-state index in [1.807, 2.05) is 69.3 Å². The molecular formula is C34H38F2N2O4. The zero-order valence-corrected chi connectivity index (χ0v) is 24.4. The minimum absolute atomic E-state index is 0.00288. The summed E-state index contributed by atoms with van der Waals surface area (Å²) in [6, 6.07) is 17.7. The van der Waals surface area contributed by atoms with Gasteiger partial charge in [0, 0.05) is 42.7 Å². The highest BCUT2D eigenvalue weighted by Crippen LogP contribution is 2.49. The first-order valence-corrected chi connectivity index (χ1v) is 14.7. The molecule has 2 heterocycles. The van der Waals surface area contributed by atoms with Crippen LogP contribution in [0.2, 0.25) is 0 Å². The molecule has 6 rings (SSSR count). The molecule has 222 valence electrons. The molecule has 1 aliphatic carbocycles. The number of ether oxygens (including phenoxy) is 3. The van der Waals surface area contributed by atoms with Crippen molar-refractivity contribution in [3.63, 3.8) is 0 Å². The standard InChI is InChI=1S/C34H38F2N2O4/c1-33(2,3)42-30(39)18-38-20-34(21-38)16-26(17-34)41-25-14-28(35)31(29(36)15-25)32-27-10-9-24(13-23(27)11-12-37-32)40-19-22-7-5-4-6-8-22/h4-10,13-15,26,32,37H,11-12,16-21H2,1-3H3. The Morgan fingerprint density at radius 3 is 2.40 bits per heavy atom. The molecule has 0 bridgehead atoms. The fraction of sp³-hybridized carbons (Fsp3) is 0.441. The molecule has 1 spiro atoms. The Bertz CT molecular complexity index is 1420. The molecule has 1 saturated carbocycles. The molecule has 3 aromatic carbocycles.